The molecule has 56 heavy (non-hydrogen) atoms. The van der Waals surface area contributed by atoms with Gasteiger partial charge in [0.25, 0.3) is 0 Å². The Morgan fingerprint density at radius 3 is 1.91 bits per heavy atom. The van der Waals surface area contributed by atoms with E-state index in [0.717, 1.165) is 0 Å². The van der Waals surface area contributed by atoms with Gasteiger partial charge in [-0.15, -0.1) is 4.99 Å². The summed E-state index contributed by atoms with van der Waals surface area (Å²) in [5.41, 5.74) is -2.45. The molecule has 0 bridgehead atoms. The van der Waals surface area contributed by atoms with Gasteiger partial charge in [0.15, 0.2) is 11.4 Å². The molecule has 2 heterocycles. The number of pyridine rings is 1. The van der Waals surface area contributed by atoms with Gasteiger partial charge in [-0.25, -0.2) is 28.7 Å². The molecule has 3 amide bonds. The van der Waals surface area contributed by atoms with Gasteiger partial charge in [-0.2, -0.15) is 5.10 Å². The average molecular weight is 782 g/mol. The fourth-order valence-electron chi connectivity index (χ4n) is 4.52. The zero-order chi connectivity index (χ0) is 42.2. The van der Waals surface area contributed by atoms with Crippen molar-refractivity contribution < 1.29 is 52.5 Å². The number of carbonyl (C=O) groups is 6. The number of nitrogens with one attached hydrogen (secondary N) is 3. The Bertz CT molecular complexity index is 1960. The van der Waals surface area contributed by atoms with Crippen molar-refractivity contribution in [3.8, 4) is 5.75 Å². The first-order chi connectivity index (χ1) is 25.7. The Balaban J connectivity index is 1.75. The van der Waals surface area contributed by atoms with Crippen LogP contribution in [0.2, 0.25) is 0 Å². The maximum absolute atomic E-state index is 13.2. The summed E-state index contributed by atoms with van der Waals surface area (Å²) in [5, 5.41) is 11.9. The fraction of sp³-hybridized carbons (Fsp3) is 0.500. The van der Waals surface area contributed by atoms with Gasteiger partial charge in [-0.05, 0) is 119 Å². The highest BCUT2D eigenvalue weighted by atomic mass is 16.6. The Morgan fingerprint density at radius 2 is 1.34 bits per heavy atom. The molecule has 3 N–H and O–H groups in total. The minimum absolute atomic E-state index is 0.0313. The Labute approximate surface area is 325 Å². The van der Waals surface area contributed by atoms with Crippen molar-refractivity contribution in [1.82, 2.24) is 25.2 Å². The molecule has 0 fully saturated rings. The van der Waals surface area contributed by atoms with E-state index in [4.69, 9.17) is 23.7 Å². The summed E-state index contributed by atoms with van der Waals surface area (Å²) in [6, 6.07) is 7.45. The average Bonchev–Trinajstić information content (AvgIpc) is 3.49. The number of amides is 3. The van der Waals surface area contributed by atoms with Crippen molar-refractivity contribution in [3.05, 3.63) is 54.0 Å². The number of hydrogen-bond donors (Lipinski definition) is 3. The lowest BCUT2D eigenvalue weighted by Gasteiger charge is -2.25. The molecule has 0 saturated heterocycles. The lowest BCUT2D eigenvalue weighted by molar-refractivity contribution is -0.165. The summed E-state index contributed by atoms with van der Waals surface area (Å²) >= 11 is 0. The van der Waals surface area contributed by atoms with Crippen LogP contribution >= 0.6 is 0 Å². The molecule has 304 valence electrons. The molecule has 2 aromatic heterocycles. The highest BCUT2D eigenvalue weighted by molar-refractivity contribution is 6.06. The SMILES string of the molecule is CC(C)(C)OC(=O)C[C@@H](NC(=O)Cc1ccc(OC(=O)c2ccc(N/C(=N/C(=O)OC(C)(C)C)NC(=O)OC(C)(C)C)cc2)c2ncnn12)C(=O)OC(C)(C)C. The van der Waals surface area contributed by atoms with Crippen LogP contribution < -0.4 is 20.7 Å². The van der Waals surface area contributed by atoms with E-state index >= 15 is 0 Å². The number of alkyl carbamates (subject to hydrolysis) is 1. The van der Waals surface area contributed by atoms with E-state index in [-0.39, 0.29) is 29.3 Å². The fourth-order valence-corrected chi connectivity index (χ4v) is 4.52. The molecule has 0 aliphatic rings. The van der Waals surface area contributed by atoms with Gasteiger partial charge in [0, 0.05) is 5.69 Å². The van der Waals surface area contributed by atoms with Crippen LogP contribution in [0.1, 0.15) is 106 Å². The molecule has 1 atom stereocenters. The maximum Gasteiger partial charge on any atom is 0.437 e. The first-order valence-electron chi connectivity index (χ1n) is 17.6. The number of guanidine groups is 1. The number of fused-ring (bicyclic) bond motifs is 1. The van der Waals surface area contributed by atoms with Gasteiger partial charge >= 0.3 is 30.1 Å². The number of nitrogens with zero attached hydrogens (tertiary/aromatic N) is 4. The predicted molar refractivity (Wildman–Crippen MR) is 203 cm³/mol. The predicted octanol–water partition coefficient (Wildman–Crippen LogP) is 5.28. The van der Waals surface area contributed by atoms with E-state index in [1.54, 1.807) is 83.1 Å². The minimum atomic E-state index is -1.32. The molecule has 3 rings (SSSR count). The Hall–Kier alpha value is -6.07. The molecule has 0 aliphatic heterocycles. The van der Waals surface area contributed by atoms with Gasteiger partial charge in [0.2, 0.25) is 11.9 Å². The largest absolute Gasteiger partial charge is 0.460 e. The third-order valence-corrected chi connectivity index (χ3v) is 6.43. The van der Waals surface area contributed by atoms with E-state index < -0.39 is 70.9 Å². The van der Waals surface area contributed by atoms with Gasteiger partial charge in [0.05, 0.1) is 24.1 Å². The van der Waals surface area contributed by atoms with Crippen LogP contribution in [0.4, 0.5) is 15.3 Å². The third kappa shape index (κ3) is 15.3. The van der Waals surface area contributed by atoms with Crippen molar-refractivity contribution >= 4 is 53.3 Å². The molecule has 3 aromatic rings. The third-order valence-electron chi connectivity index (χ3n) is 6.43. The number of benzene rings is 1. The molecule has 0 unspecified atom stereocenters. The second kappa shape index (κ2) is 17.6. The Morgan fingerprint density at radius 1 is 0.750 bits per heavy atom. The van der Waals surface area contributed by atoms with Crippen LogP contribution in [0.15, 0.2) is 47.7 Å². The minimum Gasteiger partial charge on any atom is -0.460 e. The number of aliphatic imine (C=N–C) groups is 1. The van der Waals surface area contributed by atoms with Gasteiger partial charge < -0.3 is 34.3 Å². The number of ether oxygens (including phenoxy) is 5. The molecule has 0 spiro atoms. The lowest BCUT2D eigenvalue weighted by atomic mass is 10.1. The zero-order valence-corrected chi connectivity index (χ0v) is 33.8. The topological polar surface area (TPSA) is 227 Å². The van der Waals surface area contributed by atoms with E-state index in [1.807, 2.05) is 0 Å². The summed E-state index contributed by atoms with van der Waals surface area (Å²) in [6.07, 6.45) is -1.37. The van der Waals surface area contributed by atoms with Crippen molar-refractivity contribution in [2.24, 2.45) is 4.99 Å². The number of aromatic nitrogens is 3. The molecular weight excluding hydrogens is 730 g/mol. The van der Waals surface area contributed by atoms with Crippen LogP contribution in [-0.4, -0.2) is 85.0 Å². The first-order valence-corrected chi connectivity index (χ1v) is 17.6. The van der Waals surface area contributed by atoms with Crippen molar-refractivity contribution in [3.63, 3.8) is 0 Å². The molecule has 1 aromatic carbocycles. The van der Waals surface area contributed by atoms with Gasteiger partial charge in [-0.3, -0.25) is 14.9 Å². The number of esters is 3. The monoisotopic (exact) mass is 781 g/mol. The molecule has 0 radical (unpaired) electrons. The summed E-state index contributed by atoms with van der Waals surface area (Å²) in [6.45, 7) is 20.0. The maximum atomic E-state index is 13.2. The quantitative estimate of drug-likeness (QED) is 0.109. The van der Waals surface area contributed by atoms with Crippen LogP contribution in [0.5, 0.6) is 5.75 Å². The van der Waals surface area contributed by atoms with E-state index in [1.165, 1.54) is 47.2 Å². The zero-order valence-electron chi connectivity index (χ0n) is 33.8. The van der Waals surface area contributed by atoms with Crippen LogP contribution in [0.3, 0.4) is 0 Å². The highest BCUT2D eigenvalue weighted by Crippen LogP contribution is 2.22. The number of rotatable bonds is 9. The summed E-state index contributed by atoms with van der Waals surface area (Å²) in [7, 11) is 0. The van der Waals surface area contributed by atoms with E-state index in [2.05, 4.69) is 31.0 Å². The second-order valence-electron chi connectivity index (χ2n) is 16.5. The molecule has 0 aliphatic carbocycles. The molecule has 18 heteroatoms. The summed E-state index contributed by atoms with van der Waals surface area (Å²) in [4.78, 5) is 84.7. The Kier molecular flexibility index (Phi) is 13.9. The number of anilines is 1. The first kappa shape index (κ1) is 44.3. The number of hydrogen-bond acceptors (Lipinski definition) is 13. The summed E-state index contributed by atoms with van der Waals surface area (Å²) < 4.78 is 28.2. The van der Waals surface area contributed by atoms with E-state index in [9.17, 15) is 28.8 Å². The second-order valence-corrected chi connectivity index (χ2v) is 16.5. The van der Waals surface area contributed by atoms with Gasteiger partial charge in [-0.1, -0.05) is 0 Å². The van der Waals surface area contributed by atoms with Crippen LogP contribution in [-0.2, 0) is 39.8 Å². The number of carbonyl (C=O) groups excluding carboxylic acids is 6. The highest BCUT2D eigenvalue weighted by Gasteiger charge is 2.31. The van der Waals surface area contributed by atoms with Crippen molar-refractivity contribution in [1.29, 1.82) is 0 Å². The smallest absolute Gasteiger partial charge is 0.437 e. The standard InChI is InChI=1S/C38H51N7O11/c1-35(2,3)53-28(47)20-25(31(49)54-36(4,5)6)42-27(46)19-24-17-18-26(29-39-21-40-45(24)29)52-30(48)22-13-15-23(16-14-22)41-32(43-33(50)55-37(7,8)9)44-34(51)56-38(10,11)12/h13-18,21,25H,19-20H2,1-12H3,(H,42,46)(H2,41,43,44,50,51)/t25-/m1/s1. The summed E-state index contributed by atoms with van der Waals surface area (Å²) in [5.74, 6) is -3.14. The lowest BCUT2D eigenvalue weighted by Crippen LogP contribution is -2.46. The molecule has 18 nitrogen and oxygen atoms in total. The van der Waals surface area contributed by atoms with Gasteiger partial charge in [0.1, 0.15) is 34.8 Å². The van der Waals surface area contributed by atoms with Crippen molar-refractivity contribution in [2.45, 2.75) is 124 Å². The molecular formula is C38H51N7O11. The van der Waals surface area contributed by atoms with Crippen LogP contribution in [0.25, 0.3) is 5.65 Å². The molecule has 0 saturated carbocycles. The normalized spacial score (nSPS) is 12.9. The van der Waals surface area contributed by atoms with Crippen molar-refractivity contribution in [2.75, 3.05) is 5.32 Å². The van der Waals surface area contributed by atoms with E-state index in [0.29, 0.717) is 11.4 Å². The van der Waals surface area contributed by atoms with Crippen LogP contribution in [0, 0.1) is 0 Å².